The lowest BCUT2D eigenvalue weighted by Gasteiger charge is -2.25. The van der Waals surface area contributed by atoms with Crippen LogP contribution in [0.5, 0.6) is 11.5 Å². The van der Waals surface area contributed by atoms with E-state index < -0.39 is 17.5 Å². The van der Waals surface area contributed by atoms with Crippen LogP contribution >= 0.6 is 0 Å². The molecule has 0 fully saturated rings. The fourth-order valence-electron chi connectivity index (χ4n) is 2.59. The molecule has 0 saturated heterocycles. The zero-order chi connectivity index (χ0) is 19.2. The number of ether oxygens (including phenoxy) is 3. The van der Waals surface area contributed by atoms with Gasteiger partial charge in [-0.15, -0.1) is 0 Å². The normalized spacial score (nSPS) is 10.9. The van der Waals surface area contributed by atoms with E-state index in [2.05, 4.69) is 4.74 Å². The van der Waals surface area contributed by atoms with Crippen molar-refractivity contribution in [3.05, 3.63) is 59.7 Å². The quantitative estimate of drug-likeness (QED) is 0.604. The zero-order valence-corrected chi connectivity index (χ0v) is 15.0. The monoisotopic (exact) mass is 358 g/mol. The summed E-state index contributed by atoms with van der Waals surface area (Å²) < 4.78 is 14.9. The van der Waals surface area contributed by atoms with Gasteiger partial charge in [-0.05, 0) is 35.4 Å². The van der Waals surface area contributed by atoms with E-state index in [1.807, 2.05) is 0 Å². The smallest absolute Gasteiger partial charge is 0.346 e. The molecule has 0 aromatic heterocycles. The molecule has 2 aromatic carbocycles. The van der Waals surface area contributed by atoms with Crippen LogP contribution in [0.1, 0.15) is 18.1 Å². The Morgan fingerprint density at radius 2 is 1.23 bits per heavy atom. The molecule has 26 heavy (non-hydrogen) atoms. The Morgan fingerprint density at radius 3 is 1.54 bits per heavy atom. The first-order valence-corrected chi connectivity index (χ1v) is 8.07. The number of carbonyl (C=O) groups is 2. The average Bonchev–Trinajstić information content (AvgIpc) is 2.62. The molecule has 0 unspecified atom stereocenters. The molecule has 0 spiro atoms. The third-order valence-electron chi connectivity index (χ3n) is 3.93. The van der Waals surface area contributed by atoms with Crippen molar-refractivity contribution < 1.29 is 28.9 Å². The number of hydrogen-bond acceptors (Lipinski definition) is 6. The van der Waals surface area contributed by atoms with Crippen LogP contribution in [0.25, 0.3) is 0 Å². The van der Waals surface area contributed by atoms with E-state index in [9.17, 15) is 14.7 Å². The van der Waals surface area contributed by atoms with Gasteiger partial charge in [0.1, 0.15) is 11.5 Å². The van der Waals surface area contributed by atoms with Crippen LogP contribution < -0.4 is 9.47 Å². The minimum absolute atomic E-state index is 0.00482. The van der Waals surface area contributed by atoms with E-state index in [1.165, 1.54) is 0 Å². The summed E-state index contributed by atoms with van der Waals surface area (Å²) in [4.78, 5) is 23.6. The predicted molar refractivity (Wildman–Crippen MR) is 95.1 cm³/mol. The van der Waals surface area contributed by atoms with Crippen LogP contribution in [0.2, 0.25) is 0 Å². The van der Waals surface area contributed by atoms with Crippen molar-refractivity contribution in [3.63, 3.8) is 0 Å². The Morgan fingerprint density at radius 1 is 0.846 bits per heavy atom. The lowest BCUT2D eigenvalue weighted by molar-refractivity contribution is -0.173. The second-order valence-electron chi connectivity index (χ2n) is 5.96. The van der Waals surface area contributed by atoms with Crippen LogP contribution in [0.3, 0.4) is 0 Å². The van der Waals surface area contributed by atoms with Crippen LogP contribution in [0.15, 0.2) is 48.5 Å². The fourth-order valence-corrected chi connectivity index (χ4v) is 2.59. The van der Waals surface area contributed by atoms with Gasteiger partial charge in [0.2, 0.25) is 0 Å². The molecule has 2 aromatic rings. The van der Waals surface area contributed by atoms with Crippen molar-refractivity contribution in [2.45, 2.75) is 25.4 Å². The van der Waals surface area contributed by atoms with Gasteiger partial charge >= 0.3 is 11.9 Å². The van der Waals surface area contributed by atoms with Gasteiger partial charge in [-0.25, -0.2) is 4.79 Å². The summed E-state index contributed by atoms with van der Waals surface area (Å²) >= 11 is 0. The van der Waals surface area contributed by atoms with E-state index >= 15 is 0 Å². The molecule has 0 aliphatic rings. The van der Waals surface area contributed by atoms with Crippen LogP contribution in [-0.2, 0) is 27.2 Å². The van der Waals surface area contributed by atoms with Gasteiger partial charge in [-0.2, -0.15) is 0 Å². The molecule has 6 nitrogen and oxygen atoms in total. The minimum atomic E-state index is -1.88. The maximum atomic E-state index is 12.4. The van der Waals surface area contributed by atoms with Gasteiger partial charge in [-0.1, -0.05) is 24.3 Å². The van der Waals surface area contributed by atoms with Crippen molar-refractivity contribution in [3.8, 4) is 11.5 Å². The summed E-state index contributed by atoms with van der Waals surface area (Å²) in [7, 11) is 3.11. The molecule has 6 heteroatoms. The highest BCUT2D eigenvalue weighted by Crippen LogP contribution is 2.24. The summed E-state index contributed by atoms with van der Waals surface area (Å²) in [6, 6.07) is 13.9. The third kappa shape index (κ3) is 5.07. The Balaban J connectivity index is 2.27. The van der Waals surface area contributed by atoms with Crippen molar-refractivity contribution in [1.82, 2.24) is 0 Å². The summed E-state index contributed by atoms with van der Waals surface area (Å²) in [5, 5.41) is 11.0. The predicted octanol–water partition coefficient (Wildman–Crippen LogP) is 2.31. The molecule has 0 heterocycles. The van der Waals surface area contributed by atoms with Crippen LogP contribution in [0.4, 0.5) is 0 Å². The van der Waals surface area contributed by atoms with E-state index in [4.69, 9.17) is 9.47 Å². The van der Waals surface area contributed by atoms with Crippen molar-refractivity contribution in [2.75, 3.05) is 14.2 Å². The number of esters is 2. The second-order valence-corrected chi connectivity index (χ2v) is 5.96. The lowest BCUT2D eigenvalue weighted by Crippen LogP contribution is -2.45. The molecule has 2 rings (SSSR count). The van der Waals surface area contributed by atoms with Crippen molar-refractivity contribution in [2.24, 2.45) is 0 Å². The van der Waals surface area contributed by atoms with E-state index in [1.54, 1.807) is 62.8 Å². The first-order valence-electron chi connectivity index (χ1n) is 8.07. The zero-order valence-electron chi connectivity index (χ0n) is 15.0. The maximum absolute atomic E-state index is 12.4. The maximum Gasteiger partial charge on any atom is 0.346 e. The molecule has 138 valence electrons. The van der Waals surface area contributed by atoms with Gasteiger partial charge < -0.3 is 19.3 Å². The minimum Gasteiger partial charge on any atom is -0.497 e. The number of hydrogen-bond donors (Lipinski definition) is 1. The second kappa shape index (κ2) is 8.49. The first-order chi connectivity index (χ1) is 12.4. The van der Waals surface area contributed by atoms with E-state index in [-0.39, 0.29) is 12.8 Å². The fraction of sp³-hybridized carbons (Fsp3) is 0.300. The van der Waals surface area contributed by atoms with Crippen molar-refractivity contribution >= 4 is 11.9 Å². The number of rotatable bonds is 7. The summed E-state index contributed by atoms with van der Waals surface area (Å²) in [5.41, 5.74) is -0.459. The molecular weight excluding hydrogens is 336 g/mol. The molecule has 1 N–H and O–H groups in total. The number of carbonyl (C=O) groups excluding carboxylic acids is 2. The molecule has 0 aliphatic carbocycles. The Hall–Kier alpha value is -2.86. The standard InChI is InChI=1S/C20H22O6/c1-14(21)26-19(22)20(23,12-15-4-8-17(24-2)9-5-15)13-16-6-10-18(25-3)11-7-16/h4-11,23H,12-13H2,1-3H3. The molecule has 0 amide bonds. The lowest BCUT2D eigenvalue weighted by atomic mass is 9.88. The van der Waals surface area contributed by atoms with Crippen molar-refractivity contribution in [1.29, 1.82) is 0 Å². The molecule has 0 atom stereocenters. The van der Waals surface area contributed by atoms with Crippen LogP contribution in [-0.4, -0.2) is 36.9 Å². The van der Waals surface area contributed by atoms with Gasteiger partial charge in [0, 0.05) is 19.8 Å². The third-order valence-corrected chi connectivity index (χ3v) is 3.93. The molecule has 0 bridgehead atoms. The number of methoxy groups -OCH3 is 2. The SMILES string of the molecule is COc1ccc(CC(O)(Cc2ccc(OC)cc2)C(=O)OC(C)=O)cc1. The molecule has 0 aliphatic heterocycles. The highest BCUT2D eigenvalue weighted by atomic mass is 16.6. The largest absolute Gasteiger partial charge is 0.497 e. The highest BCUT2D eigenvalue weighted by molar-refractivity contribution is 5.89. The van der Waals surface area contributed by atoms with Gasteiger partial charge in [0.25, 0.3) is 0 Å². The van der Waals surface area contributed by atoms with Gasteiger partial charge in [0.15, 0.2) is 5.60 Å². The van der Waals surface area contributed by atoms with E-state index in [0.29, 0.717) is 22.6 Å². The first kappa shape index (κ1) is 19.5. The topological polar surface area (TPSA) is 82.1 Å². The van der Waals surface area contributed by atoms with Gasteiger partial charge in [0.05, 0.1) is 14.2 Å². The van der Waals surface area contributed by atoms with Gasteiger partial charge in [-0.3, -0.25) is 4.79 Å². The molecule has 0 radical (unpaired) electrons. The molecule has 0 saturated carbocycles. The van der Waals surface area contributed by atoms with E-state index in [0.717, 1.165) is 6.92 Å². The summed E-state index contributed by atoms with van der Waals surface area (Å²) in [6.07, 6.45) is -0.00965. The summed E-state index contributed by atoms with van der Waals surface area (Å²) in [6.45, 7) is 1.12. The Kier molecular flexibility index (Phi) is 6.36. The molecular formula is C20H22O6. The summed E-state index contributed by atoms with van der Waals surface area (Å²) in [5.74, 6) is -0.410. The Bertz CT molecular complexity index is 699. The number of benzene rings is 2. The highest BCUT2D eigenvalue weighted by Gasteiger charge is 2.39. The average molecular weight is 358 g/mol. The number of aliphatic hydroxyl groups is 1. The van der Waals surface area contributed by atoms with Crippen LogP contribution in [0, 0.1) is 0 Å². The Labute approximate surface area is 152 Å².